The molecule has 316 valence electrons. The number of phosphoric acid groups is 1. The Kier molecular flexibility index (Phi) is 35.6. The topological polar surface area (TPSA) is 111 Å². The first-order chi connectivity index (χ1) is 26.0. The standard InChI is InChI=1S/C44H82NO8P/c1-6-8-10-12-14-16-18-20-22-23-25-26-28-30-32-34-36-43(46)50-40-42(41-52-54(48,49)51-39-38-45(3,4)5)53-44(47)37-35-33-31-29-27-24-21-19-17-15-13-11-9-7-2/h13,15,19,21-23,42H,6-12,14,16-18,20,24-41H2,1-5H3/b15-13-,21-19-,23-22-/t42-/m1/s1. The fraction of sp³-hybridized carbons (Fsp3) is 0.818. The number of carbonyl (C=O) groups is 2. The highest BCUT2D eigenvalue weighted by Gasteiger charge is 2.21. The number of hydrogen-bond acceptors (Lipinski definition) is 8. The van der Waals surface area contributed by atoms with Crippen molar-refractivity contribution < 1.29 is 42.1 Å². The van der Waals surface area contributed by atoms with Crippen LogP contribution in [0.4, 0.5) is 0 Å². The first-order valence-corrected chi connectivity index (χ1v) is 23.2. The van der Waals surface area contributed by atoms with Crippen molar-refractivity contribution in [3.63, 3.8) is 0 Å². The summed E-state index contributed by atoms with van der Waals surface area (Å²) in [6.07, 6.45) is 40.2. The molecule has 0 rings (SSSR count). The number of likely N-dealkylation sites (N-methyl/N-ethyl adjacent to an activating group) is 1. The summed E-state index contributed by atoms with van der Waals surface area (Å²) in [4.78, 5) is 37.5. The SMILES string of the molecule is CCCC/C=C\C/C=C\CCCCCCCC(=O)O[C@H](COC(=O)CCCCCCC/C=C\CCCCCCCCC)COP(=O)([O-])OCC[N+](C)(C)C. The third-order valence-corrected chi connectivity index (χ3v) is 10.1. The van der Waals surface area contributed by atoms with Gasteiger partial charge in [0.2, 0.25) is 0 Å². The smallest absolute Gasteiger partial charge is 0.306 e. The lowest BCUT2D eigenvalue weighted by Crippen LogP contribution is -2.37. The van der Waals surface area contributed by atoms with E-state index in [1.165, 1.54) is 64.2 Å². The molecule has 10 heteroatoms. The van der Waals surface area contributed by atoms with Crippen LogP contribution in [0.3, 0.4) is 0 Å². The van der Waals surface area contributed by atoms with Gasteiger partial charge in [-0.2, -0.15) is 0 Å². The Morgan fingerprint density at radius 2 is 1.02 bits per heavy atom. The second kappa shape index (κ2) is 36.8. The van der Waals surface area contributed by atoms with Gasteiger partial charge in [0, 0.05) is 12.8 Å². The van der Waals surface area contributed by atoms with Crippen LogP contribution in [0.2, 0.25) is 0 Å². The van der Waals surface area contributed by atoms with Crippen molar-refractivity contribution in [1.29, 1.82) is 0 Å². The summed E-state index contributed by atoms with van der Waals surface area (Å²) < 4.78 is 33.8. The van der Waals surface area contributed by atoms with Gasteiger partial charge in [0.15, 0.2) is 6.10 Å². The second-order valence-electron chi connectivity index (χ2n) is 15.7. The van der Waals surface area contributed by atoms with Crippen molar-refractivity contribution in [2.45, 2.75) is 187 Å². The molecule has 0 radical (unpaired) electrons. The summed E-state index contributed by atoms with van der Waals surface area (Å²) in [5.74, 6) is -0.860. The first-order valence-electron chi connectivity index (χ1n) is 21.7. The van der Waals surface area contributed by atoms with Crippen molar-refractivity contribution in [3.05, 3.63) is 36.5 Å². The monoisotopic (exact) mass is 784 g/mol. The number of ether oxygens (including phenoxy) is 2. The molecule has 0 N–H and O–H groups in total. The summed E-state index contributed by atoms with van der Waals surface area (Å²) >= 11 is 0. The molecule has 0 bridgehead atoms. The van der Waals surface area contributed by atoms with Crippen LogP contribution >= 0.6 is 7.82 Å². The van der Waals surface area contributed by atoms with Gasteiger partial charge in [-0.05, 0) is 64.2 Å². The molecule has 0 saturated heterocycles. The summed E-state index contributed by atoms with van der Waals surface area (Å²) in [6.45, 7) is 4.15. The third-order valence-electron chi connectivity index (χ3n) is 9.13. The Morgan fingerprint density at radius 1 is 0.574 bits per heavy atom. The van der Waals surface area contributed by atoms with Crippen LogP contribution in [-0.2, 0) is 32.7 Å². The van der Waals surface area contributed by atoms with E-state index in [1.54, 1.807) is 0 Å². The number of phosphoric ester groups is 1. The van der Waals surface area contributed by atoms with Crippen LogP contribution in [0, 0.1) is 0 Å². The average molecular weight is 784 g/mol. The van der Waals surface area contributed by atoms with Crippen LogP contribution in [0.25, 0.3) is 0 Å². The molecule has 0 aliphatic carbocycles. The van der Waals surface area contributed by atoms with Gasteiger partial charge in [0.25, 0.3) is 7.82 Å². The molecule has 0 saturated carbocycles. The molecule has 0 aromatic heterocycles. The van der Waals surface area contributed by atoms with Crippen molar-refractivity contribution in [1.82, 2.24) is 0 Å². The van der Waals surface area contributed by atoms with Crippen molar-refractivity contribution in [2.75, 3.05) is 47.5 Å². The third kappa shape index (κ3) is 39.9. The van der Waals surface area contributed by atoms with E-state index < -0.39 is 32.5 Å². The van der Waals surface area contributed by atoms with E-state index in [1.807, 2.05) is 21.1 Å². The van der Waals surface area contributed by atoms with Gasteiger partial charge in [0.05, 0.1) is 27.7 Å². The van der Waals surface area contributed by atoms with E-state index in [-0.39, 0.29) is 26.1 Å². The zero-order chi connectivity index (χ0) is 40.0. The van der Waals surface area contributed by atoms with E-state index in [2.05, 4.69) is 50.3 Å². The molecule has 0 aliphatic heterocycles. The minimum Gasteiger partial charge on any atom is -0.756 e. The van der Waals surface area contributed by atoms with Crippen LogP contribution in [0.1, 0.15) is 181 Å². The molecule has 54 heavy (non-hydrogen) atoms. The number of esters is 2. The number of carbonyl (C=O) groups excluding carboxylic acids is 2. The van der Waals surface area contributed by atoms with Crippen LogP contribution < -0.4 is 4.89 Å². The number of rotatable bonds is 39. The van der Waals surface area contributed by atoms with Crippen LogP contribution in [-0.4, -0.2) is 70.0 Å². The predicted molar refractivity (Wildman–Crippen MR) is 222 cm³/mol. The van der Waals surface area contributed by atoms with Gasteiger partial charge in [-0.15, -0.1) is 0 Å². The Labute approximate surface area is 331 Å². The zero-order valence-corrected chi connectivity index (χ0v) is 36.3. The number of allylic oxidation sites excluding steroid dienone is 6. The molecule has 0 amide bonds. The minimum atomic E-state index is -4.63. The zero-order valence-electron chi connectivity index (χ0n) is 35.4. The molecule has 9 nitrogen and oxygen atoms in total. The van der Waals surface area contributed by atoms with E-state index in [4.69, 9.17) is 18.5 Å². The minimum absolute atomic E-state index is 0.0352. The Bertz CT molecular complexity index is 1020. The van der Waals surface area contributed by atoms with Crippen LogP contribution in [0.5, 0.6) is 0 Å². The lowest BCUT2D eigenvalue weighted by molar-refractivity contribution is -0.870. The largest absolute Gasteiger partial charge is 0.756 e. The number of quaternary nitrogens is 1. The molecule has 0 spiro atoms. The van der Waals surface area contributed by atoms with Gasteiger partial charge < -0.3 is 27.9 Å². The number of hydrogen-bond donors (Lipinski definition) is 0. The first kappa shape index (κ1) is 52.2. The summed E-state index contributed by atoms with van der Waals surface area (Å²) in [7, 11) is 1.15. The van der Waals surface area contributed by atoms with Gasteiger partial charge in [-0.1, -0.05) is 140 Å². The van der Waals surface area contributed by atoms with E-state index in [9.17, 15) is 19.0 Å². The van der Waals surface area contributed by atoms with E-state index in [0.29, 0.717) is 17.4 Å². The number of unbranched alkanes of at least 4 members (excludes halogenated alkanes) is 19. The molecule has 0 aromatic rings. The molecular formula is C44H82NO8P. The van der Waals surface area contributed by atoms with Crippen LogP contribution in [0.15, 0.2) is 36.5 Å². The van der Waals surface area contributed by atoms with Gasteiger partial charge in [-0.3, -0.25) is 14.2 Å². The summed E-state index contributed by atoms with van der Waals surface area (Å²) in [5, 5.41) is 0. The molecule has 2 atom stereocenters. The Morgan fingerprint density at radius 3 is 1.54 bits per heavy atom. The van der Waals surface area contributed by atoms with E-state index >= 15 is 0 Å². The molecular weight excluding hydrogens is 701 g/mol. The predicted octanol–water partition coefficient (Wildman–Crippen LogP) is 11.5. The maximum atomic E-state index is 12.6. The van der Waals surface area contributed by atoms with Gasteiger partial charge >= 0.3 is 11.9 Å². The molecule has 0 aromatic carbocycles. The highest BCUT2D eigenvalue weighted by Crippen LogP contribution is 2.38. The van der Waals surface area contributed by atoms with Gasteiger partial charge in [-0.25, -0.2) is 0 Å². The Balaban J connectivity index is 4.40. The lowest BCUT2D eigenvalue weighted by atomic mass is 10.1. The molecule has 0 heterocycles. The highest BCUT2D eigenvalue weighted by molar-refractivity contribution is 7.45. The average Bonchev–Trinajstić information content (AvgIpc) is 3.12. The van der Waals surface area contributed by atoms with Crippen molar-refractivity contribution in [2.24, 2.45) is 0 Å². The highest BCUT2D eigenvalue weighted by atomic mass is 31.2. The van der Waals surface area contributed by atoms with E-state index in [0.717, 1.165) is 83.5 Å². The normalized spacial score (nSPS) is 14.0. The molecule has 0 fully saturated rings. The summed E-state index contributed by atoms with van der Waals surface area (Å²) in [5.41, 5.74) is 0. The van der Waals surface area contributed by atoms with Gasteiger partial charge in [0.1, 0.15) is 19.8 Å². The maximum Gasteiger partial charge on any atom is 0.306 e. The quantitative estimate of drug-likeness (QED) is 0.0199. The number of nitrogens with zero attached hydrogens (tertiary/aromatic N) is 1. The summed E-state index contributed by atoms with van der Waals surface area (Å²) in [6, 6.07) is 0. The maximum absolute atomic E-state index is 12.6. The molecule has 1 unspecified atom stereocenters. The fourth-order valence-electron chi connectivity index (χ4n) is 5.66. The van der Waals surface area contributed by atoms with Crippen molar-refractivity contribution >= 4 is 19.8 Å². The van der Waals surface area contributed by atoms with Crippen molar-refractivity contribution in [3.8, 4) is 0 Å². The lowest BCUT2D eigenvalue weighted by Gasteiger charge is -2.28. The Hall–Kier alpha value is -1.77. The fourth-order valence-corrected chi connectivity index (χ4v) is 6.39. The second-order valence-corrected chi connectivity index (χ2v) is 17.1. The molecule has 0 aliphatic rings.